The quantitative estimate of drug-likeness (QED) is 0.865. The molecule has 1 heterocycles. The van der Waals surface area contributed by atoms with Gasteiger partial charge in [-0.2, -0.15) is 0 Å². The summed E-state index contributed by atoms with van der Waals surface area (Å²) in [6.45, 7) is 3.42. The van der Waals surface area contributed by atoms with Crippen LogP contribution >= 0.6 is 11.6 Å². The van der Waals surface area contributed by atoms with E-state index in [0.29, 0.717) is 10.7 Å². The third kappa shape index (κ3) is 3.70. The topological polar surface area (TPSA) is 49.4 Å². The number of rotatable bonds is 3. The number of benzene rings is 1. The second-order valence-corrected chi connectivity index (χ2v) is 5.21. The molecule has 4 nitrogen and oxygen atoms in total. The van der Waals surface area contributed by atoms with Crippen molar-refractivity contribution in [2.24, 2.45) is 0 Å². The maximum absolute atomic E-state index is 11.8. The van der Waals surface area contributed by atoms with Crippen molar-refractivity contribution in [2.75, 3.05) is 18.4 Å². The lowest BCUT2D eigenvalue weighted by atomic mass is 10.2. The lowest BCUT2D eigenvalue weighted by molar-refractivity contribution is -0.133. The summed E-state index contributed by atoms with van der Waals surface area (Å²) >= 11 is 5.88. The number of likely N-dealkylation sites (tertiary alicyclic amines) is 1. The van der Waals surface area contributed by atoms with Crippen LogP contribution in [0.3, 0.4) is 0 Å². The zero-order valence-corrected chi connectivity index (χ0v) is 11.7. The van der Waals surface area contributed by atoms with E-state index in [0.717, 1.165) is 31.5 Å². The van der Waals surface area contributed by atoms with Crippen LogP contribution in [0.15, 0.2) is 18.2 Å². The van der Waals surface area contributed by atoms with Gasteiger partial charge in [0, 0.05) is 23.8 Å². The summed E-state index contributed by atoms with van der Waals surface area (Å²) in [7, 11) is 0. The van der Waals surface area contributed by atoms with E-state index in [4.69, 9.17) is 11.6 Å². The Bertz CT molecular complexity index is 496. The number of nitrogens with one attached hydrogen (secondary N) is 1. The zero-order chi connectivity index (χ0) is 13.8. The lowest BCUT2D eigenvalue weighted by Gasteiger charge is -2.15. The Morgan fingerprint density at radius 1 is 1.32 bits per heavy atom. The predicted molar refractivity (Wildman–Crippen MR) is 75.2 cm³/mol. The summed E-state index contributed by atoms with van der Waals surface area (Å²) in [4.78, 5) is 25.4. The Kier molecular flexibility index (Phi) is 4.43. The molecule has 102 valence electrons. The second-order valence-electron chi connectivity index (χ2n) is 4.77. The van der Waals surface area contributed by atoms with Crippen molar-refractivity contribution in [2.45, 2.75) is 26.2 Å². The fourth-order valence-corrected chi connectivity index (χ4v) is 2.31. The predicted octanol–water partition coefficient (Wildman–Crippen LogP) is 2.60. The van der Waals surface area contributed by atoms with Gasteiger partial charge in [-0.3, -0.25) is 9.59 Å². The molecule has 19 heavy (non-hydrogen) atoms. The van der Waals surface area contributed by atoms with Crippen molar-refractivity contribution >= 4 is 29.1 Å². The summed E-state index contributed by atoms with van der Waals surface area (Å²) < 4.78 is 0. The Morgan fingerprint density at radius 2 is 2.00 bits per heavy atom. The first-order valence-corrected chi connectivity index (χ1v) is 6.78. The molecule has 2 amide bonds. The Balaban J connectivity index is 1.93. The van der Waals surface area contributed by atoms with E-state index >= 15 is 0 Å². The molecule has 1 aromatic rings. The van der Waals surface area contributed by atoms with Crippen LogP contribution in [-0.2, 0) is 9.59 Å². The van der Waals surface area contributed by atoms with Crippen molar-refractivity contribution in [1.29, 1.82) is 0 Å². The maximum atomic E-state index is 11.8. The molecule has 0 spiro atoms. The molecule has 2 rings (SSSR count). The number of hydrogen-bond acceptors (Lipinski definition) is 2. The van der Waals surface area contributed by atoms with Gasteiger partial charge in [-0.05, 0) is 37.5 Å². The van der Waals surface area contributed by atoms with Crippen LogP contribution in [0.5, 0.6) is 0 Å². The van der Waals surface area contributed by atoms with Crippen LogP contribution in [0.25, 0.3) is 0 Å². The van der Waals surface area contributed by atoms with E-state index in [-0.39, 0.29) is 18.2 Å². The highest BCUT2D eigenvalue weighted by Gasteiger charge is 2.20. The number of anilines is 1. The number of amides is 2. The van der Waals surface area contributed by atoms with Crippen molar-refractivity contribution in [3.8, 4) is 0 Å². The van der Waals surface area contributed by atoms with Gasteiger partial charge in [0.1, 0.15) is 6.42 Å². The number of carbonyl (C=O) groups is 2. The van der Waals surface area contributed by atoms with E-state index in [1.54, 1.807) is 17.0 Å². The number of halogens is 1. The summed E-state index contributed by atoms with van der Waals surface area (Å²) in [5.74, 6) is -0.392. The highest BCUT2D eigenvalue weighted by molar-refractivity contribution is 6.31. The fraction of sp³-hybridized carbons (Fsp3) is 0.429. The first kappa shape index (κ1) is 13.9. The van der Waals surface area contributed by atoms with Crippen LogP contribution in [0.1, 0.15) is 24.8 Å². The van der Waals surface area contributed by atoms with Gasteiger partial charge in [0.2, 0.25) is 11.8 Å². The Hall–Kier alpha value is -1.55. The van der Waals surface area contributed by atoms with Crippen LogP contribution in [0.2, 0.25) is 5.02 Å². The lowest BCUT2D eigenvalue weighted by Crippen LogP contribution is -2.31. The van der Waals surface area contributed by atoms with Gasteiger partial charge >= 0.3 is 0 Å². The minimum absolute atomic E-state index is 0.102. The molecule has 0 bridgehead atoms. The molecule has 5 heteroatoms. The largest absolute Gasteiger partial charge is 0.342 e. The first-order valence-electron chi connectivity index (χ1n) is 6.40. The van der Waals surface area contributed by atoms with E-state index < -0.39 is 0 Å². The smallest absolute Gasteiger partial charge is 0.233 e. The maximum Gasteiger partial charge on any atom is 0.233 e. The van der Waals surface area contributed by atoms with Crippen molar-refractivity contribution in [3.63, 3.8) is 0 Å². The monoisotopic (exact) mass is 280 g/mol. The van der Waals surface area contributed by atoms with Crippen molar-refractivity contribution in [1.82, 2.24) is 4.90 Å². The minimum Gasteiger partial charge on any atom is -0.342 e. The normalized spacial score (nSPS) is 14.5. The fourth-order valence-electron chi connectivity index (χ4n) is 2.14. The number of nitrogens with zero attached hydrogens (tertiary/aromatic N) is 1. The molecule has 0 aliphatic carbocycles. The van der Waals surface area contributed by atoms with Gasteiger partial charge in [0.15, 0.2) is 0 Å². The summed E-state index contributed by atoms with van der Waals surface area (Å²) in [5, 5.41) is 3.30. The van der Waals surface area contributed by atoms with Gasteiger partial charge in [-0.25, -0.2) is 0 Å². The number of hydrogen-bond donors (Lipinski definition) is 1. The van der Waals surface area contributed by atoms with Crippen molar-refractivity contribution < 1.29 is 9.59 Å². The summed E-state index contributed by atoms with van der Waals surface area (Å²) in [6, 6.07) is 5.29. The molecule has 1 aliphatic heterocycles. The van der Waals surface area contributed by atoms with E-state index in [9.17, 15) is 9.59 Å². The van der Waals surface area contributed by atoms with Gasteiger partial charge in [0.25, 0.3) is 0 Å². The first-order chi connectivity index (χ1) is 9.06. The highest BCUT2D eigenvalue weighted by atomic mass is 35.5. The molecule has 1 aromatic carbocycles. The Morgan fingerprint density at radius 3 is 2.68 bits per heavy atom. The molecule has 1 aliphatic rings. The van der Waals surface area contributed by atoms with Crippen LogP contribution in [0, 0.1) is 6.92 Å². The van der Waals surface area contributed by atoms with E-state index in [1.165, 1.54) is 0 Å². The molecule has 1 N–H and O–H groups in total. The van der Waals surface area contributed by atoms with Crippen LogP contribution < -0.4 is 5.32 Å². The van der Waals surface area contributed by atoms with Crippen LogP contribution in [-0.4, -0.2) is 29.8 Å². The minimum atomic E-state index is -0.290. The van der Waals surface area contributed by atoms with Crippen LogP contribution in [0.4, 0.5) is 5.69 Å². The zero-order valence-electron chi connectivity index (χ0n) is 10.9. The van der Waals surface area contributed by atoms with Gasteiger partial charge in [0.05, 0.1) is 0 Å². The number of aryl methyl sites for hydroxylation is 1. The molecule has 0 atom stereocenters. The van der Waals surface area contributed by atoms with Gasteiger partial charge in [-0.1, -0.05) is 17.7 Å². The molecular formula is C14H17ClN2O2. The molecule has 0 radical (unpaired) electrons. The average Bonchev–Trinajstić information content (AvgIpc) is 2.87. The molecular weight excluding hydrogens is 264 g/mol. The highest BCUT2D eigenvalue weighted by Crippen LogP contribution is 2.20. The third-order valence-corrected chi connectivity index (χ3v) is 3.48. The SMILES string of the molecule is Cc1ccc(Cl)cc1NC(=O)CC(=O)N1CCCC1. The number of carbonyl (C=O) groups excluding carboxylic acids is 2. The standard InChI is InChI=1S/C14H17ClN2O2/c1-10-4-5-11(15)8-12(10)16-13(18)9-14(19)17-6-2-3-7-17/h4-5,8H,2-3,6-7,9H2,1H3,(H,16,18). The summed E-state index contributed by atoms with van der Waals surface area (Å²) in [5.41, 5.74) is 1.58. The van der Waals surface area contributed by atoms with E-state index in [1.807, 2.05) is 13.0 Å². The molecule has 0 saturated carbocycles. The molecule has 1 saturated heterocycles. The van der Waals surface area contributed by atoms with Crippen molar-refractivity contribution in [3.05, 3.63) is 28.8 Å². The third-order valence-electron chi connectivity index (χ3n) is 3.24. The van der Waals surface area contributed by atoms with E-state index in [2.05, 4.69) is 5.32 Å². The molecule has 0 aromatic heterocycles. The Labute approximate surface area is 117 Å². The summed E-state index contributed by atoms with van der Waals surface area (Å²) in [6.07, 6.45) is 1.95. The van der Waals surface area contributed by atoms with Gasteiger partial charge in [-0.15, -0.1) is 0 Å². The second kappa shape index (κ2) is 6.06. The molecule has 0 unspecified atom stereocenters. The van der Waals surface area contributed by atoms with Gasteiger partial charge < -0.3 is 10.2 Å². The average molecular weight is 281 g/mol. The molecule has 1 fully saturated rings.